The third-order valence-electron chi connectivity index (χ3n) is 3.14. The van der Waals surface area contributed by atoms with E-state index in [1.807, 2.05) is 0 Å². The molecule has 104 valence electrons. The zero-order valence-corrected chi connectivity index (χ0v) is 13.0. The Morgan fingerprint density at radius 2 is 2.16 bits per heavy atom. The lowest BCUT2D eigenvalue weighted by molar-refractivity contribution is 0.0962. The van der Waals surface area contributed by atoms with E-state index in [0.717, 1.165) is 0 Å². The molecule has 1 aliphatic heterocycles. The fraction of sp³-hybridized carbons (Fsp3) is 0.417. The fourth-order valence-corrected chi connectivity index (χ4v) is 4.48. The van der Waals surface area contributed by atoms with Gasteiger partial charge in [-0.3, -0.25) is 4.79 Å². The van der Waals surface area contributed by atoms with E-state index in [9.17, 15) is 17.6 Å². The van der Waals surface area contributed by atoms with Gasteiger partial charge < -0.3 is 0 Å². The van der Waals surface area contributed by atoms with E-state index < -0.39 is 21.4 Å². The highest BCUT2D eigenvalue weighted by atomic mass is 79.9. The van der Waals surface area contributed by atoms with E-state index in [2.05, 4.69) is 15.9 Å². The van der Waals surface area contributed by atoms with Gasteiger partial charge in [-0.15, -0.1) is 0 Å². The van der Waals surface area contributed by atoms with Crippen molar-refractivity contribution in [1.29, 1.82) is 0 Å². The van der Waals surface area contributed by atoms with Crippen LogP contribution in [-0.2, 0) is 9.84 Å². The first-order chi connectivity index (χ1) is 8.80. The minimum Gasteiger partial charge on any atom is -0.294 e. The van der Waals surface area contributed by atoms with Gasteiger partial charge >= 0.3 is 0 Å². The molecule has 0 aliphatic carbocycles. The van der Waals surface area contributed by atoms with Crippen LogP contribution in [-0.4, -0.2) is 25.7 Å². The standard InChI is InChI=1S/C12H11BrClFO3S/c13-9-2-1-8(12(15)11(9)14)10(16)5-7-3-4-19(17,18)6-7/h1-2,7H,3-6H2. The number of halogens is 3. The normalized spacial score (nSPS) is 21.5. The summed E-state index contributed by atoms with van der Waals surface area (Å²) in [5, 5.41) is -0.134. The molecule has 1 fully saturated rings. The van der Waals surface area contributed by atoms with E-state index in [4.69, 9.17) is 11.6 Å². The lowest BCUT2D eigenvalue weighted by atomic mass is 9.97. The summed E-state index contributed by atoms with van der Waals surface area (Å²) in [6.45, 7) is 0. The molecule has 7 heteroatoms. The van der Waals surface area contributed by atoms with E-state index in [-0.39, 0.29) is 34.4 Å². The quantitative estimate of drug-likeness (QED) is 0.607. The maximum absolute atomic E-state index is 13.8. The number of benzene rings is 1. The van der Waals surface area contributed by atoms with Crippen molar-refractivity contribution in [1.82, 2.24) is 0 Å². The number of ketones is 1. The molecule has 19 heavy (non-hydrogen) atoms. The van der Waals surface area contributed by atoms with E-state index >= 15 is 0 Å². The lowest BCUT2D eigenvalue weighted by Gasteiger charge is -2.08. The molecule has 0 spiro atoms. The largest absolute Gasteiger partial charge is 0.294 e. The van der Waals surface area contributed by atoms with Crippen molar-refractivity contribution in [3.05, 3.63) is 33.0 Å². The van der Waals surface area contributed by atoms with Crippen molar-refractivity contribution in [2.24, 2.45) is 5.92 Å². The molecule has 0 bridgehead atoms. The van der Waals surface area contributed by atoms with Crippen LogP contribution in [0.2, 0.25) is 5.02 Å². The lowest BCUT2D eigenvalue weighted by Crippen LogP contribution is -2.12. The topological polar surface area (TPSA) is 51.2 Å². The number of carbonyl (C=O) groups is 1. The van der Waals surface area contributed by atoms with Crippen LogP contribution in [0.25, 0.3) is 0 Å². The van der Waals surface area contributed by atoms with Crippen molar-refractivity contribution in [3.63, 3.8) is 0 Å². The first-order valence-corrected chi connectivity index (χ1v) is 8.66. The van der Waals surface area contributed by atoms with Gasteiger partial charge in [-0.05, 0) is 40.4 Å². The van der Waals surface area contributed by atoms with Crippen molar-refractivity contribution < 1.29 is 17.6 Å². The summed E-state index contributed by atoms with van der Waals surface area (Å²) in [5.41, 5.74) is -0.0857. The van der Waals surface area contributed by atoms with Crippen LogP contribution in [0.3, 0.4) is 0 Å². The van der Waals surface area contributed by atoms with E-state index in [1.54, 1.807) is 0 Å². The van der Waals surface area contributed by atoms with Gasteiger partial charge in [0.1, 0.15) is 0 Å². The third-order valence-corrected chi connectivity index (χ3v) is 6.23. The number of Topliss-reactive ketones (excluding diaryl/α,β-unsaturated/α-hetero) is 1. The molecule has 2 rings (SSSR count). The van der Waals surface area contributed by atoms with Crippen LogP contribution in [0.15, 0.2) is 16.6 Å². The Hall–Kier alpha value is -0.460. The Labute approximate surface area is 124 Å². The van der Waals surface area contributed by atoms with Crippen LogP contribution in [0, 0.1) is 11.7 Å². The highest BCUT2D eigenvalue weighted by Crippen LogP contribution is 2.30. The third kappa shape index (κ3) is 3.35. The molecular weight excluding hydrogens is 359 g/mol. The molecule has 1 heterocycles. The molecular formula is C12H11BrClFO3S. The summed E-state index contributed by atoms with van der Waals surface area (Å²) in [7, 11) is -3.03. The minimum atomic E-state index is -3.03. The van der Waals surface area contributed by atoms with Gasteiger partial charge in [0.05, 0.1) is 22.1 Å². The maximum atomic E-state index is 13.8. The molecule has 0 amide bonds. The summed E-state index contributed by atoms with van der Waals surface area (Å²) >= 11 is 8.79. The number of hydrogen-bond acceptors (Lipinski definition) is 3. The average Bonchev–Trinajstić information content (AvgIpc) is 2.65. The molecule has 1 atom stereocenters. The summed E-state index contributed by atoms with van der Waals surface area (Å²) in [6.07, 6.45) is 0.494. The summed E-state index contributed by atoms with van der Waals surface area (Å²) in [4.78, 5) is 12.0. The highest BCUT2D eigenvalue weighted by Gasteiger charge is 2.30. The summed E-state index contributed by atoms with van der Waals surface area (Å²) < 4.78 is 36.8. The number of hydrogen-bond donors (Lipinski definition) is 0. The van der Waals surface area contributed by atoms with Crippen LogP contribution < -0.4 is 0 Å². The van der Waals surface area contributed by atoms with E-state index in [0.29, 0.717) is 10.9 Å². The van der Waals surface area contributed by atoms with Crippen LogP contribution in [0.5, 0.6) is 0 Å². The van der Waals surface area contributed by atoms with Crippen molar-refractivity contribution in [2.45, 2.75) is 12.8 Å². The van der Waals surface area contributed by atoms with Crippen molar-refractivity contribution in [3.8, 4) is 0 Å². The molecule has 1 unspecified atom stereocenters. The SMILES string of the molecule is O=C(CC1CCS(=O)(=O)C1)c1ccc(Br)c(Cl)c1F. The molecule has 1 aliphatic rings. The second-order valence-electron chi connectivity index (χ2n) is 4.62. The minimum absolute atomic E-state index is 0.00458. The second-order valence-corrected chi connectivity index (χ2v) is 8.08. The highest BCUT2D eigenvalue weighted by molar-refractivity contribution is 9.10. The predicted molar refractivity (Wildman–Crippen MR) is 74.8 cm³/mol. The fourth-order valence-electron chi connectivity index (χ4n) is 2.15. The number of sulfone groups is 1. The smallest absolute Gasteiger partial charge is 0.166 e. The Kier molecular flexibility index (Phi) is 4.32. The first-order valence-electron chi connectivity index (χ1n) is 5.67. The summed E-state index contributed by atoms with van der Waals surface area (Å²) in [5.74, 6) is -1.28. The molecule has 0 radical (unpaired) electrons. The van der Waals surface area contributed by atoms with Crippen molar-refractivity contribution >= 4 is 43.2 Å². The Balaban J connectivity index is 2.15. The second kappa shape index (κ2) is 5.50. The Morgan fingerprint density at radius 3 is 2.74 bits per heavy atom. The number of carbonyl (C=O) groups excluding carboxylic acids is 1. The van der Waals surface area contributed by atoms with Gasteiger partial charge in [0, 0.05) is 10.9 Å². The molecule has 0 saturated carbocycles. The van der Waals surface area contributed by atoms with Gasteiger partial charge in [-0.1, -0.05) is 11.6 Å². The molecule has 1 saturated heterocycles. The average molecular weight is 370 g/mol. The van der Waals surface area contributed by atoms with Crippen LogP contribution in [0.1, 0.15) is 23.2 Å². The molecule has 0 aromatic heterocycles. The summed E-state index contributed by atoms with van der Waals surface area (Å²) in [6, 6.07) is 2.86. The van der Waals surface area contributed by atoms with Gasteiger partial charge in [0.25, 0.3) is 0 Å². The van der Waals surface area contributed by atoms with Gasteiger partial charge in [0.15, 0.2) is 21.4 Å². The molecule has 3 nitrogen and oxygen atoms in total. The zero-order chi connectivity index (χ0) is 14.2. The molecule has 1 aromatic carbocycles. The van der Waals surface area contributed by atoms with E-state index in [1.165, 1.54) is 12.1 Å². The molecule has 1 aromatic rings. The predicted octanol–water partition coefficient (Wildman–Crippen LogP) is 3.25. The molecule has 0 N–H and O–H groups in total. The first kappa shape index (κ1) is 14.9. The van der Waals surface area contributed by atoms with Gasteiger partial charge in [0.2, 0.25) is 0 Å². The zero-order valence-electron chi connectivity index (χ0n) is 9.83. The Bertz CT molecular complexity index is 630. The van der Waals surface area contributed by atoms with Crippen LogP contribution in [0.4, 0.5) is 4.39 Å². The monoisotopic (exact) mass is 368 g/mol. The van der Waals surface area contributed by atoms with Crippen molar-refractivity contribution in [2.75, 3.05) is 11.5 Å². The van der Waals surface area contributed by atoms with Gasteiger partial charge in [-0.2, -0.15) is 0 Å². The van der Waals surface area contributed by atoms with Crippen LogP contribution >= 0.6 is 27.5 Å². The number of rotatable bonds is 3. The maximum Gasteiger partial charge on any atom is 0.166 e. The Morgan fingerprint density at radius 1 is 1.47 bits per heavy atom. The van der Waals surface area contributed by atoms with Gasteiger partial charge in [-0.25, -0.2) is 12.8 Å².